The molecule has 0 aromatic carbocycles. The topological polar surface area (TPSA) is 239 Å². The van der Waals surface area contributed by atoms with Gasteiger partial charge in [-0.3, -0.25) is 0 Å². The average molecular weight is 801 g/mol. The summed E-state index contributed by atoms with van der Waals surface area (Å²) in [5.74, 6) is 0.562. The van der Waals surface area contributed by atoms with Crippen LogP contribution in [0.1, 0.15) is 113 Å². The summed E-state index contributed by atoms with van der Waals surface area (Å²) in [6.45, 7) is 15.7. The van der Waals surface area contributed by atoms with Crippen molar-refractivity contribution in [2.75, 3.05) is 6.61 Å². The van der Waals surface area contributed by atoms with Crippen LogP contribution in [-0.4, -0.2) is 149 Å². The summed E-state index contributed by atoms with van der Waals surface area (Å²) >= 11 is 0. The molecule has 14 nitrogen and oxygen atoms in total. The minimum absolute atomic E-state index is 0.0163. The van der Waals surface area contributed by atoms with Crippen LogP contribution in [0.25, 0.3) is 0 Å². The van der Waals surface area contributed by atoms with Gasteiger partial charge in [-0.05, 0) is 117 Å². The summed E-state index contributed by atoms with van der Waals surface area (Å²) in [6.07, 6.45) is -9.05. The third kappa shape index (κ3) is 6.16. The van der Waals surface area contributed by atoms with Crippen LogP contribution < -0.4 is 0 Å². The summed E-state index contributed by atoms with van der Waals surface area (Å²) in [7, 11) is 0. The van der Waals surface area contributed by atoms with Crippen LogP contribution in [0, 0.1) is 50.7 Å². The van der Waals surface area contributed by atoms with Crippen LogP contribution in [0.3, 0.4) is 0 Å². The fraction of sp³-hybridized carbons (Fsp3) is 1.00. The Balaban J connectivity index is 1.03. The van der Waals surface area contributed by atoms with Crippen molar-refractivity contribution in [3.05, 3.63) is 0 Å². The molecule has 10 N–H and O–H groups in total. The lowest BCUT2D eigenvalue weighted by atomic mass is 9.40. The molecular formula is C42H72O14. The van der Waals surface area contributed by atoms with Crippen LogP contribution in [0.5, 0.6) is 0 Å². The number of hydrogen-bond acceptors (Lipinski definition) is 14. The second kappa shape index (κ2) is 14.5. The maximum absolute atomic E-state index is 12.4. The van der Waals surface area contributed by atoms with Crippen molar-refractivity contribution in [3.8, 4) is 0 Å². The van der Waals surface area contributed by atoms with Gasteiger partial charge in [-0.2, -0.15) is 0 Å². The molecule has 7 rings (SSSR count). The first-order valence-electron chi connectivity index (χ1n) is 21.3. The minimum Gasteiger partial charge on any atom is -0.394 e. The summed E-state index contributed by atoms with van der Waals surface area (Å²) < 4.78 is 23.8. The molecule has 0 bridgehead atoms. The van der Waals surface area contributed by atoms with Crippen LogP contribution >= 0.6 is 0 Å². The van der Waals surface area contributed by atoms with E-state index in [-0.39, 0.29) is 39.4 Å². The zero-order chi connectivity index (χ0) is 41.3. The first-order valence-corrected chi connectivity index (χ1v) is 21.3. The van der Waals surface area contributed by atoms with E-state index in [1.165, 1.54) is 0 Å². The van der Waals surface area contributed by atoms with Gasteiger partial charge in [0.05, 0.1) is 42.7 Å². The highest BCUT2D eigenvalue weighted by Gasteiger charge is 2.86. The molecular weight excluding hydrogens is 728 g/mol. The maximum Gasteiger partial charge on any atom is 0.187 e. The van der Waals surface area contributed by atoms with Gasteiger partial charge in [-0.1, -0.05) is 34.6 Å². The Hall–Kier alpha value is -0.560. The molecule has 0 radical (unpaired) electrons. The second-order valence-electron chi connectivity index (χ2n) is 21.1. The lowest BCUT2D eigenvalue weighted by molar-refractivity contribution is -0.331. The molecule has 0 aromatic rings. The molecule has 2 spiro atoms. The second-order valence-corrected chi connectivity index (χ2v) is 21.1. The molecule has 56 heavy (non-hydrogen) atoms. The van der Waals surface area contributed by atoms with Crippen molar-refractivity contribution in [1.82, 2.24) is 0 Å². The van der Waals surface area contributed by atoms with Crippen LogP contribution in [0.4, 0.5) is 0 Å². The number of fused-ring (bicyclic) bond motifs is 2. The average Bonchev–Trinajstić information content (AvgIpc) is 3.73. The first kappa shape index (κ1) is 43.5. The standard InChI is InChI=1S/C42H72O14/c1-19(9-10-25(45)38(5,6)56-36-33(52)31(50)29(48)23(17-43)54-36)21-11-12-40(8)34-22(44)15-24-37(3,4)27(55-35-32(51)30(49)28(47)20(2)53-35)16-26(46)42(24)18-41(34,42)14-13-39(21,40)7/h19-36,43-52H,9-18H2,1-8H3/t19-,20?,21?,22+,23?,24?,25+,26+,27+,28?,29?,30?,31?,32?,33?,34?,35?,36?,39-,40+,41+,42-/m1/s1. The van der Waals surface area contributed by atoms with Crippen molar-refractivity contribution in [1.29, 1.82) is 0 Å². The molecule has 2 heterocycles. The predicted molar refractivity (Wildman–Crippen MR) is 200 cm³/mol. The Kier molecular flexibility index (Phi) is 11.3. The third-order valence-electron chi connectivity index (χ3n) is 17.9. The zero-order valence-corrected chi connectivity index (χ0v) is 34.6. The van der Waals surface area contributed by atoms with E-state index >= 15 is 0 Å². The van der Waals surface area contributed by atoms with E-state index in [9.17, 15) is 51.1 Å². The summed E-state index contributed by atoms with van der Waals surface area (Å²) in [5, 5.41) is 108. The summed E-state index contributed by atoms with van der Waals surface area (Å²) in [4.78, 5) is 0. The Labute approximate surface area is 331 Å². The molecule has 324 valence electrons. The maximum atomic E-state index is 12.4. The smallest absolute Gasteiger partial charge is 0.187 e. The normalized spacial score (nSPS) is 55.0. The van der Waals surface area contributed by atoms with Crippen LogP contribution in [-0.2, 0) is 18.9 Å². The SMILES string of the molecule is CC1OC(O[C@H]2C[C@H](O)[C@]34C[C@]35CC[C@]3(C)C([C@H](C)CC[C@H](O)C(C)(C)OC6OC(CO)C(O)C(O)C6O)CC[C@@]3(C)C5[C@@H](O)CC4C2(C)C)C(O)C(O)C1O. The molecule has 7 fully saturated rings. The highest BCUT2D eigenvalue weighted by atomic mass is 16.7. The lowest BCUT2D eigenvalue weighted by Gasteiger charge is -2.65. The van der Waals surface area contributed by atoms with Gasteiger partial charge < -0.3 is 70.0 Å². The number of hydrogen-bond donors (Lipinski definition) is 10. The molecule has 7 aliphatic rings. The third-order valence-corrected chi connectivity index (χ3v) is 17.9. The largest absolute Gasteiger partial charge is 0.394 e. The number of rotatable bonds is 10. The van der Waals surface area contributed by atoms with Gasteiger partial charge in [-0.25, -0.2) is 0 Å². The quantitative estimate of drug-likeness (QED) is 0.139. The van der Waals surface area contributed by atoms with Crippen LogP contribution in [0.2, 0.25) is 0 Å². The molecule has 0 aromatic heterocycles. The Morgan fingerprint density at radius 3 is 2.07 bits per heavy atom. The van der Waals surface area contributed by atoms with Crippen molar-refractivity contribution in [2.24, 2.45) is 50.7 Å². The molecule has 22 atom stereocenters. The molecule has 2 aliphatic heterocycles. The fourth-order valence-corrected chi connectivity index (χ4v) is 14.3. The molecule has 2 saturated heterocycles. The number of aliphatic hydroxyl groups is 10. The molecule has 13 unspecified atom stereocenters. The van der Waals surface area contributed by atoms with E-state index in [0.717, 1.165) is 32.1 Å². The molecule has 5 saturated carbocycles. The fourth-order valence-electron chi connectivity index (χ4n) is 14.3. The van der Waals surface area contributed by atoms with E-state index in [1.54, 1.807) is 20.8 Å². The molecule has 5 aliphatic carbocycles. The van der Waals surface area contributed by atoms with Gasteiger partial charge in [0.25, 0.3) is 0 Å². The minimum atomic E-state index is -1.57. The Morgan fingerprint density at radius 1 is 0.768 bits per heavy atom. The van der Waals surface area contributed by atoms with E-state index in [4.69, 9.17) is 18.9 Å². The first-order chi connectivity index (χ1) is 25.9. The number of aliphatic hydroxyl groups excluding tert-OH is 10. The van der Waals surface area contributed by atoms with Crippen molar-refractivity contribution in [2.45, 2.75) is 205 Å². The van der Waals surface area contributed by atoms with Gasteiger partial charge in [0.1, 0.15) is 42.7 Å². The monoisotopic (exact) mass is 800 g/mol. The van der Waals surface area contributed by atoms with Crippen molar-refractivity contribution < 1.29 is 70.0 Å². The molecule has 14 heteroatoms. The Morgan fingerprint density at radius 2 is 1.41 bits per heavy atom. The van der Waals surface area contributed by atoms with Gasteiger partial charge in [0.15, 0.2) is 12.6 Å². The van der Waals surface area contributed by atoms with Gasteiger partial charge in [0, 0.05) is 11.8 Å². The summed E-state index contributed by atoms with van der Waals surface area (Å²) in [6, 6.07) is 0. The number of ether oxygens (including phenoxy) is 4. The van der Waals surface area contributed by atoms with Gasteiger partial charge in [-0.15, -0.1) is 0 Å². The van der Waals surface area contributed by atoms with Crippen LogP contribution in [0.15, 0.2) is 0 Å². The van der Waals surface area contributed by atoms with E-state index in [2.05, 4.69) is 34.6 Å². The lowest BCUT2D eigenvalue weighted by Crippen LogP contribution is -2.65. The van der Waals surface area contributed by atoms with E-state index in [1.807, 2.05) is 0 Å². The summed E-state index contributed by atoms with van der Waals surface area (Å²) in [5.41, 5.74) is -2.48. The van der Waals surface area contributed by atoms with Crippen molar-refractivity contribution in [3.63, 3.8) is 0 Å². The van der Waals surface area contributed by atoms with Crippen molar-refractivity contribution >= 4 is 0 Å². The van der Waals surface area contributed by atoms with Gasteiger partial charge in [0.2, 0.25) is 0 Å². The van der Waals surface area contributed by atoms with E-state index < -0.39 is 103 Å². The molecule has 0 amide bonds. The highest BCUT2D eigenvalue weighted by molar-refractivity contribution is 5.34. The van der Waals surface area contributed by atoms with E-state index in [0.29, 0.717) is 31.6 Å². The Bertz CT molecular complexity index is 1430. The predicted octanol–water partition coefficient (Wildman–Crippen LogP) is 0.952. The highest BCUT2D eigenvalue weighted by Crippen LogP contribution is 2.89. The zero-order valence-electron chi connectivity index (χ0n) is 34.6. The van der Waals surface area contributed by atoms with Gasteiger partial charge >= 0.3 is 0 Å².